The molecule has 1 rings (SSSR count). The van der Waals surface area contributed by atoms with E-state index in [1.54, 1.807) is 0 Å². The van der Waals surface area contributed by atoms with Crippen LogP contribution < -0.4 is 5.32 Å². The van der Waals surface area contributed by atoms with Gasteiger partial charge in [0.15, 0.2) is 0 Å². The number of hydrogen-bond donors (Lipinski definition) is 1. The standard InChI is InChI=1S/C13H28N2O/c1-4-15(10-11-16-5-2)12-13(3)6-8-14-9-7-13/h14H,4-12H2,1-3H3. The van der Waals surface area contributed by atoms with Crippen molar-refractivity contribution >= 4 is 0 Å². The Kier molecular flexibility index (Phi) is 6.32. The number of hydrogen-bond acceptors (Lipinski definition) is 3. The molecule has 0 unspecified atom stereocenters. The molecule has 0 aromatic rings. The normalized spacial score (nSPS) is 20.2. The third kappa shape index (κ3) is 4.81. The Labute approximate surface area is 101 Å². The van der Waals surface area contributed by atoms with E-state index in [2.05, 4.69) is 31.0 Å². The number of likely N-dealkylation sites (N-methyl/N-ethyl adjacent to an activating group) is 1. The van der Waals surface area contributed by atoms with Gasteiger partial charge in [0, 0.05) is 19.7 Å². The Morgan fingerprint density at radius 1 is 1.25 bits per heavy atom. The molecule has 96 valence electrons. The van der Waals surface area contributed by atoms with Crippen LogP contribution in [0.3, 0.4) is 0 Å². The average Bonchev–Trinajstić information content (AvgIpc) is 2.29. The zero-order valence-electron chi connectivity index (χ0n) is 11.2. The van der Waals surface area contributed by atoms with Gasteiger partial charge in [-0.05, 0) is 44.8 Å². The van der Waals surface area contributed by atoms with Crippen LogP contribution in [0.4, 0.5) is 0 Å². The van der Waals surface area contributed by atoms with E-state index in [-0.39, 0.29) is 0 Å². The molecule has 1 aliphatic rings. The fraction of sp³-hybridized carbons (Fsp3) is 1.00. The fourth-order valence-corrected chi connectivity index (χ4v) is 2.42. The first-order valence-electron chi connectivity index (χ1n) is 6.71. The number of nitrogens with zero attached hydrogens (tertiary/aromatic N) is 1. The highest BCUT2D eigenvalue weighted by atomic mass is 16.5. The highest BCUT2D eigenvalue weighted by Crippen LogP contribution is 2.28. The Bertz CT molecular complexity index is 179. The zero-order valence-corrected chi connectivity index (χ0v) is 11.2. The Morgan fingerprint density at radius 3 is 2.50 bits per heavy atom. The Balaban J connectivity index is 2.29. The summed E-state index contributed by atoms with van der Waals surface area (Å²) in [5.74, 6) is 0. The fourth-order valence-electron chi connectivity index (χ4n) is 2.42. The molecule has 0 radical (unpaired) electrons. The van der Waals surface area contributed by atoms with Crippen LogP contribution in [0.25, 0.3) is 0 Å². The third-order valence-corrected chi connectivity index (χ3v) is 3.62. The minimum atomic E-state index is 0.507. The van der Waals surface area contributed by atoms with Crippen LogP contribution in [0.5, 0.6) is 0 Å². The molecule has 3 nitrogen and oxygen atoms in total. The van der Waals surface area contributed by atoms with Gasteiger partial charge in [-0.15, -0.1) is 0 Å². The minimum absolute atomic E-state index is 0.507. The maximum absolute atomic E-state index is 5.43. The van der Waals surface area contributed by atoms with E-state index in [1.807, 2.05) is 0 Å². The lowest BCUT2D eigenvalue weighted by Gasteiger charge is -2.38. The molecular weight excluding hydrogens is 200 g/mol. The predicted octanol–water partition coefficient (Wildman–Crippen LogP) is 1.73. The lowest BCUT2D eigenvalue weighted by Crippen LogP contribution is -2.43. The first-order chi connectivity index (χ1) is 7.70. The van der Waals surface area contributed by atoms with Crippen molar-refractivity contribution in [1.29, 1.82) is 0 Å². The van der Waals surface area contributed by atoms with E-state index < -0.39 is 0 Å². The molecular formula is C13H28N2O. The summed E-state index contributed by atoms with van der Waals surface area (Å²) in [5.41, 5.74) is 0.507. The molecule has 0 amide bonds. The predicted molar refractivity (Wildman–Crippen MR) is 68.8 cm³/mol. The van der Waals surface area contributed by atoms with Crippen molar-refractivity contribution in [3.8, 4) is 0 Å². The van der Waals surface area contributed by atoms with Crippen molar-refractivity contribution in [2.24, 2.45) is 5.41 Å². The van der Waals surface area contributed by atoms with Gasteiger partial charge in [-0.1, -0.05) is 13.8 Å². The van der Waals surface area contributed by atoms with Crippen molar-refractivity contribution in [2.45, 2.75) is 33.6 Å². The molecule has 0 aromatic heterocycles. The number of rotatable bonds is 7. The van der Waals surface area contributed by atoms with Crippen LogP contribution in [0.1, 0.15) is 33.6 Å². The lowest BCUT2D eigenvalue weighted by molar-refractivity contribution is 0.0825. The molecule has 0 saturated carbocycles. The van der Waals surface area contributed by atoms with Crippen LogP contribution >= 0.6 is 0 Å². The highest BCUT2D eigenvalue weighted by molar-refractivity contribution is 4.83. The van der Waals surface area contributed by atoms with Crippen molar-refractivity contribution < 1.29 is 4.74 Å². The van der Waals surface area contributed by atoms with E-state index >= 15 is 0 Å². The summed E-state index contributed by atoms with van der Waals surface area (Å²) in [6, 6.07) is 0. The van der Waals surface area contributed by atoms with Crippen molar-refractivity contribution in [3.63, 3.8) is 0 Å². The monoisotopic (exact) mass is 228 g/mol. The van der Waals surface area contributed by atoms with Gasteiger partial charge in [0.2, 0.25) is 0 Å². The van der Waals surface area contributed by atoms with Crippen LogP contribution in [0.2, 0.25) is 0 Å². The van der Waals surface area contributed by atoms with Crippen LogP contribution in [0.15, 0.2) is 0 Å². The third-order valence-electron chi connectivity index (χ3n) is 3.62. The molecule has 0 spiro atoms. The van der Waals surface area contributed by atoms with Gasteiger partial charge in [0.1, 0.15) is 0 Å². The summed E-state index contributed by atoms with van der Waals surface area (Å²) in [6.07, 6.45) is 2.61. The second kappa shape index (κ2) is 7.25. The van der Waals surface area contributed by atoms with Gasteiger partial charge in [-0.25, -0.2) is 0 Å². The molecule has 0 aromatic carbocycles. The molecule has 0 bridgehead atoms. The molecule has 0 atom stereocenters. The Hall–Kier alpha value is -0.120. The van der Waals surface area contributed by atoms with E-state index in [0.29, 0.717) is 5.41 Å². The van der Waals surface area contributed by atoms with Gasteiger partial charge < -0.3 is 15.0 Å². The molecule has 0 aliphatic carbocycles. The number of nitrogens with one attached hydrogen (secondary N) is 1. The van der Waals surface area contributed by atoms with Crippen molar-refractivity contribution in [1.82, 2.24) is 10.2 Å². The van der Waals surface area contributed by atoms with Crippen molar-refractivity contribution in [2.75, 3.05) is 45.9 Å². The first-order valence-corrected chi connectivity index (χ1v) is 6.71. The SMILES string of the molecule is CCOCCN(CC)CC1(C)CCNCC1. The molecule has 16 heavy (non-hydrogen) atoms. The summed E-state index contributed by atoms with van der Waals surface area (Å²) in [7, 11) is 0. The van der Waals surface area contributed by atoms with E-state index in [0.717, 1.165) is 26.3 Å². The summed E-state index contributed by atoms with van der Waals surface area (Å²) in [5, 5.41) is 3.44. The summed E-state index contributed by atoms with van der Waals surface area (Å²) in [4.78, 5) is 2.53. The van der Waals surface area contributed by atoms with Crippen molar-refractivity contribution in [3.05, 3.63) is 0 Å². The van der Waals surface area contributed by atoms with Crippen LogP contribution in [-0.4, -0.2) is 50.8 Å². The van der Waals surface area contributed by atoms with Gasteiger partial charge in [-0.3, -0.25) is 0 Å². The zero-order chi connectivity index (χ0) is 11.9. The molecule has 1 N–H and O–H groups in total. The molecule has 1 heterocycles. The van der Waals surface area contributed by atoms with E-state index in [4.69, 9.17) is 4.74 Å². The molecule has 1 saturated heterocycles. The highest BCUT2D eigenvalue weighted by Gasteiger charge is 2.28. The topological polar surface area (TPSA) is 24.5 Å². The molecule has 1 fully saturated rings. The quantitative estimate of drug-likeness (QED) is 0.672. The maximum Gasteiger partial charge on any atom is 0.0593 e. The summed E-state index contributed by atoms with van der Waals surface area (Å²) in [6.45, 7) is 14.2. The average molecular weight is 228 g/mol. The summed E-state index contributed by atoms with van der Waals surface area (Å²) >= 11 is 0. The largest absolute Gasteiger partial charge is 0.380 e. The smallest absolute Gasteiger partial charge is 0.0593 e. The van der Waals surface area contributed by atoms with Gasteiger partial charge in [-0.2, -0.15) is 0 Å². The van der Waals surface area contributed by atoms with E-state index in [1.165, 1.54) is 32.5 Å². The second-order valence-corrected chi connectivity index (χ2v) is 5.13. The van der Waals surface area contributed by atoms with Gasteiger partial charge >= 0.3 is 0 Å². The Morgan fingerprint density at radius 2 is 1.94 bits per heavy atom. The molecule has 3 heteroatoms. The van der Waals surface area contributed by atoms with E-state index in [9.17, 15) is 0 Å². The lowest BCUT2D eigenvalue weighted by atomic mass is 9.80. The second-order valence-electron chi connectivity index (χ2n) is 5.13. The summed E-state index contributed by atoms with van der Waals surface area (Å²) < 4.78 is 5.43. The molecule has 1 aliphatic heterocycles. The number of ether oxygens (including phenoxy) is 1. The number of piperidine rings is 1. The minimum Gasteiger partial charge on any atom is -0.380 e. The van der Waals surface area contributed by atoms with Crippen LogP contribution in [-0.2, 0) is 4.74 Å². The van der Waals surface area contributed by atoms with Gasteiger partial charge in [0.25, 0.3) is 0 Å². The van der Waals surface area contributed by atoms with Crippen LogP contribution in [0, 0.1) is 5.41 Å². The van der Waals surface area contributed by atoms with Gasteiger partial charge in [0.05, 0.1) is 6.61 Å². The maximum atomic E-state index is 5.43. The first kappa shape index (κ1) is 13.9.